The fraction of sp³-hybridized carbons (Fsp3) is 1.00. The maximum absolute atomic E-state index is 2.45. The zero-order valence-electron chi connectivity index (χ0n) is 13.2. The van der Waals surface area contributed by atoms with Gasteiger partial charge in [-0.2, -0.15) is 0 Å². The molecule has 0 aromatic heterocycles. The summed E-state index contributed by atoms with van der Waals surface area (Å²) in [7, 11) is 0. The summed E-state index contributed by atoms with van der Waals surface area (Å²) in [5.41, 5.74) is 0. The van der Waals surface area contributed by atoms with Gasteiger partial charge in [0.25, 0.3) is 0 Å². The summed E-state index contributed by atoms with van der Waals surface area (Å²) in [6.07, 6.45) is 17.7. The van der Waals surface area contributed by atoms with Crippen LogP contribution in [-0.2, 0) is 0 Å². The Morgan fingerprint density at radius 3 is 2.17 bits per heavy atom. The molecule has 0 heteroatoms. The third-order valence-corrected chi connectivity index (χ3v) is 4.74. The van der Waals surface area contributed by atoms with Crippen molar-refractivity contribution in [2.45, 2.75) is 97.8 Å². The van der Waals surface area contributed by atoms with Crippen molar-refractivity contribution in [3.8, 4) is 0 Å². The molecule has 0 N–H and O–H groups in total. The SMILES string of the molecule is CCCCC(C)CCCC(CCC)CCC1CC1. The fourth-order valence-electron chi connectivity index (χ4n) is 3.17. The van der Waals surface area contributed by atoms with Gasteiger partial charge in [-0.25, -0.2) is 0 Å². The molecule has 0 heterocycles. The van der Waals surface area contributed by atoms with Gasteiger partial charge in [-0.05, 0) is 17.8 Å². The van der Waals surface area contributed by atoms with Gasteiger partial charge in [0.05, 0.1) is 0 Å². The van der Waals surface area contributed by atoms with E-state index < -0.39 is 0 Å². The van der Waals surface area contributed by atoms with Crippen molar-refractivity contribution in [1.82, 2.24) is 0 Å². The van der Waals surface area contributed by atoms with E-state index in [0.717, 1.165) is 17.8 Å². The van der Waals surface area contributed by atoms with E-state index in [1.165, 1.54) is 77.0 Å². The molecule has 108 valence electrons. The van der Waals surface area contributed by atoms with Crippen LogP contribution < -0.4 is 0 Å². The van der Waals surface area contributed by atoms with Crippen LogP contribution >= 0.6 is 0 Å². The van der Waals surface area contributed by atoms with Crippen molar-refractivity contribution in [2.75, 3.05) is 0 Å². The third kappa shape index (κ3) is 8.16. The molecule has 0 aromatic carbocycles. The highest BCUT2D eigenvalue weighted by atomic mass is 14.3. The average molecular weight is 252 g/mol. The molecule has 1 aliphatic rings. The minimum absolute atomic E-state index is 0.968. The van der Waals surface area contributed by atoms with Gasteiger partial charge in [0, 0.05) is 0 Å². The lowest BCUT2D eigenvalue weighted by molar-refractivity contribution is 0.357. The van der Waals surface area contributed by atoms with E-state index in [2.05, 4.69) is 20.8 Å². The largest absolute Gasteiger partial charge is 0.0654 e. The molecule has 1 rings (SSSR count). The molecule has 0 aliphatic heterocycles. The average Bonchev–Trinajstić information content (AvgIpc) is 3.17. The smallest absolute Gasteiger partial charge is 0.0414 e. The first kappa shape index (κ1) is 16.1. The molecule has 1 saturated carbocycles. The van der Waals surface area contributed by atoms with E-state index in [4.69, 9.17) is 0 Å². The predicted octanol–water partition coefficient (Wildman–Crippen LogP) is 6.59. The minimum Gasteiger partial charge on any atom is -0.0654 e. The van der Waals surface area contributed by atoms with Crippen molar-refractivity contribution in [2.24, 2.45) is 17.8 Å². The van der Waals surface area contributed by atoms with E-state index in [1.807, 2.05) is 0 Å². The van der Waals surface area contributed by atoms with Gasteiger partial charge in [0.15, 0.2) is 0 Å². The van der Waals surface area contributed by atoms with E-state index in [-0.39, 0.29) is 0 Å². The molecule has 0 radical (unpaired) electrons. The highest BCUT2D eigenvalue weighted by Crippen LogP contribution is 2.36. The molecular formula is C18H36. The van der Waals surface area contributed by atoms with Gasteiger partial charge in [-0.1, -0.05) is 97.8 Å². The van der Waals surface area contributed by atoms with E-state index in [0.29, 0.717) is 0 Å². The highest BCUT2D eigenvalue weighted by Gasteiger charge is 2.22. The van der Waals surface area contributed by atoms with Crippen LogP contribution in [0.3, 0.4) is 0 Å². The summed E-state index contributed by atoms with van der Waals surface area (Å²) < 4.78 is 0. The topological polar surface area (TPSA) is 0 Å². The van der Waals surface area contributed by atoms with Gasteiger partial charge in [-0.15, -0.1) is 0 Å². The second-order valence-electron chi connectivity index (χ2n) is 6.85. The second-order valence-corrected chi connectivity index (χ2v) is 6.85. The molecule has 1 aliphatic carbocycles. The Morgan fingerprint density at radius 1 is 0.833 bits per heavy atom. The molecule has 0 nitrogen and oxygen atoms in total. The number of unbranched alkanes of at least 4 members (excludes halogenated alkanes) is 1. The summed E-state index contributed by atoms with van der Waals surface area (Å²) in [5.74, 6) is 3.15. The number of hydrogen-bond acceptors (Lipinski definition) is 0. The predicted molar refractivity (Wildman–Crippen MR) is 82.9 cm³/mol. The quantitative estimate of drug-likeness (QED) is 0.367. The summed E-state index contributed by atoms with van der Waals surface area (Å²) in [6, 6.07) is 0. The molecule has 0 amide bonds. The van der Waals surface area contributed by atoms with Gasteiger partial charge in [-0.3, -0.25) is 0 Å². The summed E-state index contributed by atoms with van der Waals surface area (Å²) >= 11 is 0. The van der Waals surface area contributed by atoms with Crippen LogP contribution in [0.1, 0.15) is 97.8 Å². The molecule has 2 unspecified atom stereocenters. The molecule has 1 fully saturated rings. The normalized spacial score (nSPS) is 18.8. The van der Waals surface area contributed by atoms with Crippen LogP contribution in [0.25, 0.3) is 0 Å². The maximum Gasteiger partial charge on any atom is -0.0414 e. The molecule has 0 bridgehead atoms. The van der Waals surface area contributed by atoms with Crippen LogP contribution in [0, 0.1) is 17.8 Å². The van der Waals surface area contributed by atoms with E-state index in [1.54, 1.807) is 0 Å². The Balaban J connectivity index is 2.03. The maximum atomic E-state index is 2.45. The lowest BCUT2D eigenvalue weighted by Crippen LogP contribution is -2.03. The molecule has 2 atom stereocenters. The fourth-order valence-corrected chi connectivity index (χ4v) is 3.17. The van der Waals surface area contributed by atoms with Gasteiger partial charge in [0.2, 0.25) is 0 Å². The van der Waals surface area contributed by atoms with Gasteiger partial charge >= 0.3 is 0 Å². The number of hydrogen-bond donors (Lipinski definition) is 0. The first-order valence-electron chi connectivity index (χ1n) is 8.76. The van der Waals surface area contributed by atoms with Crippen molar-refractivity contribution < 1.29 is 0 Å². The van der Waals surface area contributed by atoms with Crippen molar-refractivity contribution in [1.29, 1.82) is 0 Å². The zero-order valence-corrected chi connectivity index (χ0v) is 13.2. The third-order valence-electron chi connectivity index (χ3n) is 4.74. The van der Waals surface area contributed by atoms with Gasteiger partial charge < -0.3 is 0 Å². The van der Waals surface area contributed by atoms with Crippen LogP contribution in [0.15, 0.2) is 0 Å². The standard InChI is InChI=1S/C18H36/c1-4-6-9-16(3)10-7-11-17(8-5-2)12-13-18-14-15-18/h16-18H,4-15H2,1-3H3. The second kappa shape index (κ2) is 9.87. The van der Waals surface area contributed by atoms with E-state index in [9.17, 15) is 0 Å². The Labute approximate surface area is 116 Å². The summed E-state index contributed by atoms with van der Waals surface area (Å²) in [4.78, 5) is 0. The molecule has 0 spiro atoms. The molecule has 18 heavy (non-hydrogen) atoms. The Kier molecular flexibility index (Phi) is 8.80. The van der Waals surface area contributed by atoms with Crippen molar-refractivity contribution in [3.63, 3.8) is 0 Å². The van der Waals surface area contributed by atoms with Crippen LogP contribution in [0.2, 0.25) is 0 Å². The summed E-state index contributed by atoms with van der Waals surface area (Å²) in [5, 5.41) is 0. The Morgan fingerprint density at radius 2 is 1.56 bits per heavy atom. The summed E-state index contributed by atoms with van der Waals surface area (Å²) in [6.45, 7) is 7.12. The highest BCUT2D eigenvalue weighted by molar-refractivity contribution is 4.74. The van der Waals surface area contributed by atoms with Crippen molar-refractivity contribution in [3.05, 3.63) is 0 Å². The minimum atomic E-state index is 0.968. The first-order valence-corrected chi connectivity index (χ1v) is 8.76. The first-order chi connectivity index (χ1) is 8.76. The van der Waals surface area contributed by atoms with Crippen LogP contribution in [-0.4, -0.2) is 0 Å². The molecule has 0 saturated heterocycles. The van der Waals surface area contributed by atoms with Crippen LogP contribution in [0.5, 0.6) is 0 Å². The van der Waals surface area contributed by atoms with Crippen molar-refractivity contribution >= 4 is 0 Å². The van der Waals surface area contributed by atoms with Gasteiger partial charge in [0.1, 0.15) is 0 Å². The Bertz CT molecular complexity index is 180. The molecular weight excluding hydrogens is 216 g/mol. The monoisotopic (exact) mass is 252 g/mol. The lowest BCUT2D eigenvalue weighted by atomic mass is 9.89. The van der Waals surface area contributed by atoms with E-state index >= 15 is 0 Å². The molecule has 0 aromatic rings. The van der Waals surface area contributed by atoms with Crippen LogP contribution in [0.4, 0.5) is 0 Å². The Hall–Kier alpha value is 0. The lowest BCUT2D eigenvalue weighted by Gasteiger charge is -2.17. The number of rotatable bonds is 12. The zero-order chi connectivity index (χ0) is 13.2.